The molecule has 0 aliphatic carbocycles. The Labute approximate surface area is 177 Å². The van der Waals surface area contributed by atoms with Crippen LogP contribution in [-0.4, -0.2) is 68.7 Å². The largest absolute Gasteiger partial charge is 0.466 e. The molecule has 0 aliphatic rings. The highest BCUT2D eigenvalue weighted by molar-refractivity contribution is 8.77. The van der Waals surface area contributed by atoms with Crippen molar-refractivity contribution in [3.8, 4) is 0 Å². The van der Waals surface area contributed by atoms with Gasteiger partial charge in [0.25, 0.3) is 0 Å². The molecular formula is C19H37NO6S2. The van der Waals surface area contributed by atoms with Crippen LogP contribution >= 0.6 is 21.6 Å². The van der Waals surface area contributed by atoms with Gasteiger partial charge in [0.15, 0.2) is 0 Å². The molecule has 0 spiro atoms. The van der Waals surface area contributed by atoms with Crippen LogP contribution < -0.4 is 5.32 Å². The number of hydrogen-bond donors (Lipinski definition) is 1. The van der Waals surface area contributed by atoms with Gasteiger partial charge in [-0.1, -0.05) is 21.6 Å². The van der Waals surface area contributed by atoms with Gasteiger partial charge in [-0.25, -0.2) is 4.79 Å². The predicted molar refractivity (Wildman–Crippen MR) is 116 cm³/mol. The number of esters is 1. The molecule has 0 rings (SSSR count). The number of carbonyl (C=O) groups is 2. The van der Waals surface area contributed by atoms with E-state index in [9.17, 15) is 9.59 Å². The summed E-state index contributed by atoms with van der Waals surface area (Å²) in [5, 5.41) is 2.63. The summed E-state index contributed by atoms with van der Waals surface area (Å²) in [5.41, 5.74) is 0. The Morgan fingerprint density at radius 2 is 1.36 bits per heavy atom. The highest BCUT2D eigenvalue weighted by Gasteiger charge is 2.26. The first-order valence-electron chi connectivity index (χ1n) is 9.53. The Hall–Kier alpha value is -0.640. The van der Waals surface area contributed by atoms with Gasteiger partial charge >= 0.3 is 12.1 Å². The minimum absolute atomic E-state index is 0.0346. The van der Waals surface area contributed by atoms with Crippen molar-refractivity contribution < 1.29 is 28.5 Å². The topological polar surface area (TPSA) is 83.1 Å². The van der Waals surface area contributed by atoms with Crippen LogP contribution in [0.3, 0.4) is 0 Å². The minimum Gasteiger partial charge on any atom is -0.466 e. The zero-order valence-electron chi connectivity index (χ0n) is 18.1. The zero-order valence-corrected chi connectivity index (χ0v) is 19.8. The lowest BCUT2D eigenvalue weighted by Crippen LogP contribution is -2.29. The summed E-state index contributed by atoms with van der Waals surface area (Å²) in [7, 11) is 6.73. The molecule has 166 valence electrons. The smallest absolute Gasteiger partial charge is 0.407 e. The van der Waals surface area contributed by atoms with E-state index in [0.717, 1.165) is 12.8 Å². The first kappa shape index (κ1) is 27.4. The van der Waals surface area contributed by atoms with E-state index in [2.05, 4.69) is 33.0 Å². The summed E-state index contributed by atoms with van der Waals surface area (Å²) in [6.45, 7) is 10.8. The van der Waals surface area contributed by atoms with Gasteiger partial charge in [-0.15, -0.1) is 0 Å². The molecule has 0 aliphatic heterocycles. The molecule has 0 atom stereocenters. The zero-order chi connectivity index (χ0) is 21.5. The molecule has 9 heteroatoms. The molecule has 0 aromatic heterocycles. The third-order valence-corrected chi connectivity index (χ3v) is 8.05. The van der Waals surface area contributed by atoms with Crippen LogP contribution in [0.2, 0.25) is 0 Å². The molecule has 0 radical (unpaired) electrons. The van der Waals surface area contributed by atoms with E-state index < -0.39 is 6.09 Å². The Morgan fingerprint density at radius 3 is 1.89 bits per heavy atom. The Morgan fingerprint density at radius 1 is 0.821 bits per heavy atom. The fourth-order valence-corrected chi connectivity index (χ4v) is 4.49. The number of alkyl carbamates (subject to hydrolysis) is 1. The third-order valence-electron chi connectivity index (χ3n) is 3.70. The van der Waals surface area contributed by atoms with Gasteiger partial charge in [-0.2, -0.15) is 0 Å². The third kappa shape index (κ3) is 16.3. The number of nitrogens with one attached hydrogen (secondary N) is 1. The van der Waals surface area contributed by atoms with Crippen molar-refractivity contribution >= 4 is 33.7 Å². The maximum Gasteiger partial charge on any atom is 0.407 e. The van der Waals surface area contributed by atoms with Crippen LogP contribution in [0.4, 0.5) is 4.79 Å². The van der Waals surface area contributed by atoms with E-state index in [0.29, 0.717) is 45.8 Å². The van der Waals surface area contributed by atoms with Gasteiger partial charge in [0.1, 0.15) is 0 Å². The van der Waals surface area contributed by atoms with E-state index in [1.54, 1.807) is 35.8 Å². The Bertz CT molecular complexity index is 406. The van der Waals surface area contributed by atoms with E-state index >= 15 is 0 Å². The van der Waals surface area contributed by atoms with E-state index in [1.807, 2.05) is 0 Å². The number of carbonyl (C=O) groups excluding carboxylic acids is 2. The summed E-state index contributed by atoms with van der Waals surface area (Å²) in [5.74, 6) is -0.174. The number of rotatable bonds is 16. The molecule has 0 saturated carbocycles. The normalized spacial score (nSPS) is 11.9. The highest BCUT2D eigenvalue weighted by atomic mass is 33.1. The second-order valence-corrected chi connectivity index (χ2v) is 11.1. The standard InChI is InChI=1S/C19H37NO6S2/c1-18(2,9-13-25-16(21)8-7-12-23-5)27-28-19(3,4)10-14-26-17(22)20-11-15-24-6/h7-15H2,1-6H3,(H,20,22). The van der Waals surface area contributed by atoms with Gasteiger partial charge in [0, 0.05) is 43.3 Å². The van der Waals surface area contributed by atoms with Gasteiger partial charge in [-0.3, -0.25) is 4.79 Å². The Kier molecular flexibility index (Phi) is 14.9. The van der Waals surface area contributed by atoms with Crippen molar-refractivity contribution in [1.82, 2.24) is 5.32 Å². The van der Waals surface area contributed by atoms with Crippen molar-refractivity contribution in [3.05, 3.63) is 0 Å². The van der Waals surface area contributed by atoms with Gasteiger partial charge < -0.3 is 24.3 Å². The van der Waals surface area contributed by atoms with Crippen LogP contribution in [0.25, 0.3) is 0 Å². The number of amides is 1. The van der Waals surface area contributed by atoms with Crippen LogP contribution in [0, 0.1) is 0 Å². The first-order chi connectivity index (χ1) is 13.1. The molecule has 0 aromatic carbocycles. The average Bonchev–Trinajstić information content (AvgIpc) is 2.60. The van der Waals surface area contributed by atoms with E-state index in [1.165, 1.54) is 0 Å². The molecular weight excluding hydrogens is 402 g/mol. The summed E-state index contributed by atoms with van der Waals surface area (Å²) < 4.78 is 20.2. The fourth-order valence-electron chi connectivity index (χ4n) is 1.85. The lowest BCUT2D eigenvalue weighted by Gasteiger charge is -2.29. The maximum absolute atomic E-state index is 11.6. The summed E-state index contributed by atoms with van der Waals surface area (Å²) >= 11 is 0. The fraction of sp³-hybridized carbons (Fsp3) is 0.895. The molecule has 0 unspecified atom stereocenters. The predicted octanol–water partition coefficient (Wildman–Crippen LogP) is 4.05. The Balaban J connectivity index is 3.99. The second-order valence-electron chi connectivity index (χ2n) is 7.56. The van der Waals surface area contributed by atoms with Crippen LogP contribution in [-0.2, 0) is 23.7 Å². The lowest BCUT2D eigenvalue weighted by atomic mass is 10.1. The molecule has 28 heavy (non-hydrogen) atoms. The highest BCUT2D eigenvalue weighted by Crippen LogP contribution is 2.46. The molecule has 0 saturated heterocycles. The summed E-state index contributed by atoms with van der Waals surface area (Å²) in [4.78, 5) is 23.2. The van der Waals surface area contributed by atoms with Crippen LogP contribution in [0.15, 0.2) is 0 Å². The first-order valence-corrected chi connectivity index (χ1v) is 11.7. The maximum atomic E-state index is 11.6. The molecule has 1 amide bonds. The summed E-state index contributed by atoms with van der Waals surface area (Å²) in [6.07, 6.45) is 2.17. The molecule has 0 fully saturated rings. The van der Waals surface area contributed by atoms with Gasteiger partial charge in [0.05, 0.1) is 19.8 Å². The SMILES string of the molecule is COCCCC(=O)OCCC(C)(C)SSC(C)(C)CCOC(=O)NCCOC. The summed E-state index contributed by atoms with van der Waals surface area (Å²) in [6, 6.07) is 0. The van der Waals surface area contributed by atoms with E-state index in [-0.39, 0.29) is 15.5 Å². The van der Waals surface area contributed by atoms with Crippen molar-refractivity contribution in [3.63, 3.8) is 0 Å². The number of ether oxygens (including phenoxy) is 4. The monoisotopic (exact) mass is 439 g/mol. The van der Waals surface area contributed by atoms with Gasteiger partial charge in [0.2, 0.25) is 0 Å². The van der Waals surface area contributed by atoms with Gasteiger partial charge in [-0.05, 0) is 47.0 Å². The van der Waals surface area contributed by atoms with Crippen molar-refractivity contribution in [2.45, 2.75) is 62.9 Å². The quantitative estimate of drug-likeness (QED) is 0.219. The lowest BCUT2D eigenvalue weighted by molar-refractivity contribution is -0.144. The molecule has 0 bridgehead atoms. The van der Waals surface area contributed by atoms with Crippen molar-refractivity contribution in [1.29, 1.82) is 0 Å². The second kappa shape index (κ2) is 15.2. The van der Waals surface area contributed by atoms with Crippen LogP contribution in [0.5, 0.6) is 0 Å². The minimum atomic E-state index is -0.418. The van der Waals surface area contributed by atoms with Crippen molar-refractivity contribution in [2.24, 2.45) is 0 Å². The van der Waals surface area contributed by atoms with E-state index in [4.69, 9.17) is 18.9 Å². The van der Waals surface area contributed by atoms with Crippen molar-refractivity contribution in [2.75, 3.05) is 47.2 Å². The molecule has 0 heterocycles. The number of hydrogen-bond acceptors (Lipinski definition) is 8. The average molecular weight is 440 g/mol. The molecule has 0 aromatic rings. The number of methoxy groups -OCH3 is 2. The van der Waals surface area contributed by atoms with Crippen LogP contribution in [0.1, 0.15) is 53.4 Å². The molecule has 1 N–H and O–H groups in total. The molecule has 7 nitrogen and oxygen atoms in total.